The van der Waals surface area contributed by atoms with Crippen molar-refractivity contribution in [3.63, 3.8) is 0 Å². The van der Waals surface area contributed by atoms with Crippen molar-refractivity contribution in [1.29, 1.82) is 0 Å². The zero-order chi connectivity index (χ0) is 10.1. The third-order valence-corrected chi connectivity index (χ3v) is 2.10. The Labute approximate surface area is 85.7 Å². The van der Waals surface area contributed by atoms with Crippen LogP contribution in [-0.2, 0) is 7.05 Å². The number of aromatic nitrogens is 3. The lowest BCUT2D eigenvalue weighted by molar-refractivity contribution is 0.576. The predicted octanol–water partition coefficient (Wildman–Crippen LogP) is 1.77. The third-order valence-electron chi connectivity index (χ3n) is 1.89. The molecule has 74 valence electrons. The van der Waals surface area contributed by atoms with E-state index in [-0.39, 0.29) is 0 Å². The Hall–Kier alpha value is -1.49. The molecule has 0 saturated carbocycles. The molecule has 0 aromatic carbocycles. The first kappa shape index (κ1) is 9.08. The molecule has 0 aliphatic carbocycles. The molecule has 2 rings (SSSR count). The number of rotatable bonds is 2. The summed E-state index contributed by atoms with van der Waals surface area (Å²) in [6.07, 6.45) is 0. The lowest BCUT2D eigenvalue weighted by Gasteiger charge is -1.99. The van der Waals surface area contributed by atoms with Crippen molar-refractivity contribution < 1.29 is 4.42 Å². The quantitative estimate of drug-likeness (QED) is 0.825. The van der Waals surface area contributed by atoms with Gasteiger partial charge in [-0.1, -0.05) is 0 Å². The average Bonchev–Trinajstić information content (AvgIpc) is 2.72. The van der Waals surface area contributed by atoms with E-state index in [2.05, 4.69) is 15.5 Å². The summed E-state index contributed by atoms with van der Waals surface area (Å²) in [5.74, 6) is 1.92. The topological polar surface area (TPSA) is 55.9 Å². The molecule has 0 unspecified atom stereocenters. The zero-order valence-corrected chi connectivity index (χ0v) is 8.54. The molecule has 0 atom stereocenters. The molecule has 0 aliphatic heterocycles. The molecule has 2 aromatic rings. The van der Waals surface area contributed by atoms with Gasteiger partial charge in [0.05, 0.1) is 0 Å². The van der Waals surface area contributed by atoms with E-state index in [1.165, 1.54) is 0 Å². The Morgan fingerprint density at radius 1 is 1.43 bits per heavy atom. The molecule has 1 N–H and O–H groups in total. The highest BCUT2D eigenvalue weighted by atomic mass is 35.5. The molecule has 2 heterocycles. The van der Waals surface area contributed by atoms with Crippen LogP contribution < -0.4 is 5.32 Å². The Morgan fingerprint density at radius 2 is 2.21 bits per heavy atom. The SMILES string of the molecule is CNc1nnc(-c2ccc(Cl)o2)n1C. The standard InChI is InChI=1S/C8H9ClN4O/c1-10-8-12-11-7(13(8)2)5-3-4-6(9)14-5/h3-4H,1-2H3,(H,10,12). The van der Waals surface area contributed by atoms with Crippen molar-refractivity contribution >= 4 is 17.5 Å². The van der Waals surface area contributed by atoms with Gasteiger partial charge in [-0.15, -0.1) is 10.2 Å². The summed E-state index contributed by atoms with van der Waals surface area (Å²) in [6.45, 7) is 0. The van der Waals surface area contributed by atoms with Crippen LogP contribution in [0.5, 0.6) is 0 Å². The monoisotopic (exact) mass is 212 g/mol. The minimum atomic E-state index is 0.342. The third kappa shape index (κ3) is 1.35. The zero-order valence-electron chi connectivity index (χ0n) is 7.78. The number of hydrogen-bond acceptors (Lipinski definition) is 4. The van der Waals surface area contributed by atoms with Gasteiger partial charge >= 0.3 is 0 Å². The van der Waals surface area contributed by atoms with Crippen LogP contribution in [0, 0.1) is 0 Å². The predicted molar refractivity (Wildman–Crippen MR) is 53.3 cm³/mol. The number of nitrogens with one attached hydrogen (secondary N) is 1. The summed E-state index contributed by atoms with van der Waals surface area (Å²) in [6, 6.07) is 3.43. The second kappa shape index (κ2) is 3.34. The van der Waals surface area contributed by atoms with Gasteiger partial charge in [0.25, 0.3) is 0 Å². The fourth-order valence-corrected chi connectivity index (χ4v) is 1.34. The number of anilines is 1. The van der Waals surface area contributed by atoms with Gasteiger partial charge < -0.3 is 9.73 Å². The second-order valence-electron chi connectivity index (χ2n) is 2.76. The lowest BCUT2D eigenvalue weighted by Crippen LogP contribution is -1.99. The van der Waals surface area contributed by atoms with E-state index in [9.17, 15) is 0 Å². The molecule has 2 aromatic heterocycles. The van der Waals surface area contributed by atoms with Gasteiger partial charge in [0.2, 0.25) is 11.8 Å². The molecule has 5 nitrogen and oxygen atoms in total. The van der Waals surface area contributed by atoms with E-state index in [1.807, 2.05) is 7.05 Å². The fourth-order valence-electron chi connectivity index (χ4n) is 1.20. The minimum absolute atomic E-state index is 0.342. The molecule has 14 heavy (non-hydrogen) atoms. The van der Waals surface area contributed by atoms with Crippen LogP contribution in [0.4, 0.5) is 5.95 Å². The smallest absolute Gasteiger partial charge is 0.224 e. The van der Waals surface area contributed by atoms with Gasteiger partial charge in [-0.25, -0.2) is 0 Å². The van der Waals surface area contributed by atoms with Crippen molar-refractivity contribution in [2.75, 3.05) is 12.4 Å². The second-order valence-corrected chi connectivity index (χ2v) is 3.13. The lowest BCUT2D eigenvalue weighted by atomic mass is 10.4. The molecule has 0 saturated heterocycles. The Bertz CT molecular complexity index is 448. The highest BCUT2D eigenvalue weighted by Crippen LogP contribution is 2.23. The van der Waals surface area contributed by atoms with Crippen molar-refractivity contribution in [2.45, 2.75) is 0 Å². The molecular weight excluding hydrogens is 204 g/mol. The number of furan rings is 1. The van der Waals surface area contributed by atoms with Crippen LogP contribution >= 0.6 is 11.6 Å². The molecule has 0 radical (unpaired) electrons. The van der Waals surface area contributed by atoms with E-state index >= 15 is 0 Å². The van der Waals surface area contributed by atoms with Crippen molar-refractivity contribution in [1.82, 2.24) is 14.8 Å². The number of nitrogens with zero attached hydrogens (tertiary/aromatic N) is 3. The summed E-state index contributed by atoms with van der Waals surface area (Å²) < 4.78 is 7.01. The van der Waals surface area contributed by atoms with E-state index in [1.54, 1.807) is 23.7 Å². The molecular formula is C8H9ClN4O. The Morgan fingerprint density at radius 3 is 2.71 bits per heavy atom. The maximum absolute atomic E-state index is 5.66. The Balaban J connectivity index is 2.46. The molecule has 0 aliphatic rings. The highest BCUT2D eigenvalue weighted by molar-refractivity contribution is 6.28. The van der Waals surface area contributed by atoms with Crippen LogP contribution in [0.2, 0.25) is 5.22 Å². The molecule has 0 amide bonds. The summed E-state index contributed by atoms with van der Waals surface area (Å²) in [7, 11) is 3.63. The summed E-state index contributed by atoms with van der Waals surface area (Å²) >= 11 is 5.66. The van der Waals surface area contributed by atoms with E-state index < -0.39 is 0 Å². The van der Waals surface area contributed by atoms with Gasteiger partial charge in [0, 0.05) is 14.1 Å². The average molecular weight is 213 g/mol. The first-order valence-electron chi connectivity index (χ1n) is 4.05. The number of halogens is 1. The highest BCUT2D eigenvalue weighted by Gasteiger charge is 2.12. The van der Waals surface area contributed by atoms with E-state index in [0.29, 0.717) is 22.8 Å². The molecule has 0 fully saturated rings. The largest absolute Gasteiger partial charge is 0.441 e. The number of hydrogen-bond donors (Lipinski definition) is 1. The van der Waals surface area contributed by atoms with Crippen molar-refractivity contribution in [2.24, 2.45) is 7.05 Å². The van der Waals surface area contributed by atoms with Gasteiger partial charge in [0.1, 0.15) is 0 Å². The van der Waals surface area contributed by atoms with Crippen LogP contribution in [0.1, 0.15) is 0 Å². The molecule has 0 bridgehead atoms. The normalized spacial score (nSPS) is 10.5. The first-order chi connectivity index (χ1) is 6.72. The van der Waals surface area contributed by atoms with Crippen molar-refractivity contribution in [3.8, 4) is 11.6 Å². The summed E-state index contributed by atoms with van der Waals surface area (Å²) in [5.41, 5.74) is 0. The van der Waals surface area contributed by atoms with Crippen LogP contribution in [-0.4, -0.2) is 21.8 Å². The van der Waals surface area contributed by atoms with Crippen LogP contribution in [0.15, 0.2) is 16.5 Å². The van der Waals surface area contributed by atoms with E-state index in [0.717, 1.165) is 0 Å². The maximum Gasteiger partial charge on any atom is 0.224 e. The van der Waals surface area contributed by atoms with Gasteiger partial charge in [-0.05, 0) is 23.7 Å². The van der Waals surface area contributed by atoms with Gasteiger partial charge in [-0.3, -0.25) is 4.57 Å². The van der Waals surface area contributed by atoms with Crippen LogP contribution in [0.25, 0.3) is 11.6 Å². The van der Waals surface area contributed by atoms with Crippen molar-refractivity contribution in [3.05, 3.63) is 17.4 Å². The fraction of sp³-hybridized carbons (Fsp3) is 0.250. The molecule has 6 heteroatoms. The van der Waals surface area contributed by atoms with Crippen LogP contribution in [0.3, 0.4) is 0 Å². The maximum atomic E-state index is 5.66. The summed E-state index contributed by atoms with van der Waals surface area (Å²) in [5, 5.41) is 11.1. The Kier molecular flexibility index (Phi) is 2.17. The minimum Gasteiger partial charge on any atom is -0.441 e. The first-order valence-corrected chi connectivity index (χ1v) is 4.43. The van der Waals surface area contributed by atoms with Gasteiger partial charge in [0.15, 0.2) is 11.0 Å². The van der Waals surface area contributed by atoms with Gasteiger partial charge in [-0.2, -0.15) is 0 Å². The molecule has 0 spiro atoms. The van der Waals surface area contributed by atoms with E-state index in [4.69, 9.17) is 16.0 Å². The summed E-state index contributed by atoms with van der Waals surface area (Å²) in [4.78, 5) is 0.